The van der Waals surface area contributed by atoms with Crippen LogP contribution in [-0.4, -0.2) is 18.6 Å². The fraction of sp³-hybridized carbons (Fsp3) is 0.500. The van der Waals surface area contributed by atoms with Crippen LogP contribution in [0.2, 0.25) is 5.02 Å². The lowest BCUT2D eigenvalue weighted by Gasteiger charge is -2.05. The third kappa shape index (κ3) is 5.19. The minimum Gasteiger partial charge on any atom is -0.313 e. The lowest BCUT2D eigenvalue weighted by atomic mass is 10.2. The van der Waals surface area contributed by atoms with E-state index in [1.54, 1.807) is 12.1 Å². The van der Waals surface area contributed by atoms with E-state index >= 15 is 0 Å². The third-order valence-electron chi connectivity index (χ3n) is 2.27. The van der Waals surface area contributed by atoms with E-state index in [-0.39, 0.29) is 10.8 Å². The predicted octanol–water partition coefficient (Wildman–Crippen LogP) is 3.71. The van der Waals surface area contributed by atoms with Gasteiger partial charge in [-0.1, -0.05) is 17.7 Å². The van der Waals surface area contributed by atoms with E-state index in [1.807, 2.05) is 11.8 Å². The van der Waals surface area contributed by atoms with E-state index in [9.17, 15) is 4.39 Å². The molecule has 0 amide bonds. The Kier molecular flexibility index (Phi) is 6.85. The van der Waals surface area contributed by atoms with Crippen molar-refractivity contribution < 1.29 is 4.39 Å². The molecule has 1 rings (SSSR count). The van der Waals surface area contributed by atoms with Crippen LogP contribution in [0.5, 0.6) is 0 Å². The number of halogens is 2. The Bertz CT molecular complexity index is 320. The van der Waals surface area contributed by atoms with Crippen LogP contribution in [0.25, 0.3) is 0 Å². The van der Waals surface area contributed by atoms with Gasteiger partial charge in [0.25, 0.3) is 0 Å². The SMILES string of the molecule is CSCCCCNCc1ccc(F)c(Cl)c1. The van der Waals surface area contributed by atoms with Crippen molar-refractivity contribution in [2.75, 3.05) is 18.6 Å². The van der Waals surface area contributed by atoms with Gasteiger partial charge < -0.3 is 5.32 Å². The molecule has 1 nitrogen and oxygen atoms in total. The summed E-state index contributed by atoms with van der Waals surface area (Å²) in [7, 11) is 0. The molecule has 16 heavy (non-hydrogen) atoms. The highest BCUT2D eigenvalue weighted by atomic mass is 35.5. The summed E-state index contributed by atoms with van der Waals surface area (Å²) in [5.74, 6) is 0.856. The van der Waals surface area contributed by atoms with Crippen LogP contribution >= 0.6 is 23.4 Å². The highest BCUT2D eigenvalue weighted by Gasteiger charge is 2.00. The van der Waals surface area contributed by atoms with Crippen molar-refractivity contribution in [3.05, 3.63) is 34.6 Å². The predicted molar refractivity (Wildman–Crippen MR) is 70.7 cm³/mol. The Hall–Kier alpha value is -0.250. The molecule has 0 saturated carbocycles. The quantitative estimate of drug-likeness (QED) is 0.751. The van der Waals surface area contributed by atoms with E-state index in [0.717, 1.165) is 18.7 Å². The van der Waals surface area contributed by atoms with E-state index in [0.29, 0.717) is 0 Å². The van der Waals surface area contributed by atoms with Gasteiger partial charge in [-0.2, -0.15) is 11.8 Å². The van der Waals surface area contributed by atoms with Gasteiger partial charge in [0, 0.05) is 6.54 Å². The van der Waals surface area contributed by atoms with Crippen molar-refractivity contribution >= 4 is 23.4 Å². The number of hydrogen-bond acceptors (Lipinski definition) is 2. The summed E-state index contributed by atoms with van der Waals surface area (Å²) >= 11 is 7.56. The zero-order valence-electron chi connectivity index (χ0n) is 9.43. The first-order valence-electron chi connectivity index (χ1n) is 5.37. The van der Waals surface area contributed by atoms with E-state index in [2.05, 4.69) is 11.6 Å². The summed E-state index contributed by atoms with van der Waals surface area (Å²) in [4.78, 5) is 0. The van der Waals surface area contributed by atoms with E-state index in [1.165, 1.54) is 24.7 Å². The van der Waals surface area contributed by atoms with Gasteiger partial charge in [-0.15, -0.1) is 0 Å². The number of unbranched alkanes of at least 4 members (excludes halogenated alkanes) is 1. The number of nitrogens with one attached hydrogen (secondary N) is 1. The van der Waals surface area contributed by atoms with Crippen molar-refractivity contribution in [3.63, 3.8) is 0 Å². The summed E-state index contributed by atoms with van der Waals surface area (Å²) in [6.45, 7) is 1.74. The van der Waals surface area contributed by atoms with Crippen molar-refractivity contribution in [2.24, 2.45) is 0 Å². The van der Waals surface area contributed by atoms with Crippen LogP contribution in [0.4, 0.5) is 4.39 Å². The molecule has 0 saturated heterocycles. The first kappa shape index (κ1) is 13.8. The molecule has 0 fully saturated rings. The molecule has 0 atom stereocenters. The average molecular weight is 262 g/mol. The van der Waals surface area contributed by atoms with Crippen LogP contribution in [0.3, 0.4) is 0 Å². The normalized spacial score (nSPS) is 10.7. The zero-order valence-corrected chi connectivity index (χ0v) is 11.0. The Labute approximate surface area is 106 Å². The summed E-state index contributed by atoms with van der Waals surface area (Å²) < 4.78 is 12.9. The molecule has 0 heterocycles. The second-order valence-electron chi connectivity index (χ2n) is 3.63. The Balaban J connectivity index is 2.19. The molecule has 0 aliphatic rings. The molecular formula is C12H17ClFNS. The van der Waals surface area contributed by atoms with Gasteiger partial charge in [0.15, 0.2) is 0 Å². The molecule has 0 bridgehead atoms. The average Bonchev–Trinajstić information content (AvgIpc) is 2.28. The maximum atomic E-state index is 12.9. The molecule has 0 aliphatic heterocycles. The standard InChI is InChI=1S/C12H17ClFNS/c1-16-7-3-2-6-15-9-10-4-5-12(14)11(13)8-10/h4-5,8,15H,2-3,6-7,9H2,1H3. The molecule has 1 aromatic carbocycles. The molecule has 0 aromatic heterocycles. The molecule has 90 valence electrons. The van der Waals surface area contributed by atoms with E-state index in [4.69, 9.17) is 11.6 Å². The molecule has 0 radical (unpaired) electrons. The Morgan fingerprint density at radius 3 is 2.88 bits per heavy atom. The Morgan fingerprint density at radius 2 is 2.19 bits per heavy atom. The number of rotatable bonds is 7. The largest absolute Gasteiger partial charge is 0.313 e. The highest BCUT2D eigenvalue weighted by molar-refractivity contribution is 7.98. The molecule has 1 N–H and O–H groups in total. The monoisotopic (exact) mass is 261 g/mol. The molecule has 1 aromatic rings. The lowest BCUT2D eigenvalue weighted by molar-refractivity contribution is 0.622. The number of benzene rings is 1. The third-order valence-corrected chi connectivity index (χ3v) is 3.25. The summed E-state index contributed by atoms with van der Waals surface area (Å²) in [5.41, 5.74) is 1.02. The molecule has 0 unspecified atom stereocenters. The minimum atomic E-state index is -0.356. The highest BCUT2D eigenvalue weighted by Crippen LogP contribution is 2.15. The van der Waals surface area contributed by atoms with Crippen molar-refractivity contribution in [1.29, 1.82) is 0 Å². The lowest BCUT2D eigenvalue weighted by Crippen LogP contribution is -2.14. The van der Waals surface area contributed by atoms with Gasteiger partial charge in [-0.3, -0.25) is 0 Å². The summed E-state index contributed by atoms with van der Waals surface area (Å²) in [6, 6.07) is 4.84. The number of thioether (sulfide) groups is 1. The van der Waals surface area contributed by atoms with Crippen molar-refractivity contribution in [1.82, 2.24) is 5.32 Å². The minimum absolute atomic E-state index is 0.196. The molecule has 4 heteroatoms. The van der Waals surface area contributed by atoms with Crippen LogP contribution in [0.15, 0.2) is 18.2 Å². The maximum absolute atomic E-state index is 12.9. The van der Waals surface area contributed by atoms with Gasteiger partial charge in [0.2, 0.25) is 0 Å². The fourth-order valence-corrected chi connectivity index (χ4v) is 2.07. The van der Waals surface area contributed by atoms with Gasteiger partial charge in [0.1, 0.15) is 5.82 Å². The van der Waals surface area contributed by atoms with E-state index < -0.39 is 0 Å². The first-order chi connectivity index (χ1) is 7.74. The fourth-order valence-electron chi connectivity index (χ4n) is 1.38. The smallest absolute Gasteiger partial charge is 0.141 e. The van der Waals surface area contributed by atoms with Crippen molar-refractivity contribution in [3.8, 4) is 0 Å². The molecule has 0 aliphatic carbocycles. The maximum Gasteiger partial charge on any atom is 0.141 e. The Morgan fingerprint density at radius 1 is 1.38 bits per heavy atom. The van der Waals surface area contributed by atoms with Gasteiger partial charge in [-0.05, 0) is 49.1 Å². The first-order valence-corrected chi connectivity index (χ1v) is 7.15. The zero-order chi connectivity index (χ0) is 11.8. The number of hydrogen-bond donors (Lipinski definition) is 1. The van der Waals surface area contributed by atoms with Gasteiger partial charge in [0.05, 0.1) is 5.02 Å². The topological polar surface area (TPSA) is 12.0 Å². The van der Waals surface area contributed by atoms with Gasteiger partial charge >= 0.3 is 0 Å². The molecule has 0 spiro atoms. The van der Waals surface area contributed by atoms with Gasteiger partial charge in [-0.25, -0.2) is 4.39 Å². The summed E-state index contributed by atoms with van der Waals surface area (Å²) in [5, 5.41) is 3.51. The van der Waals surface area contributed by atoms with Crippen LogP contribution < -0.4 is 5.32 Å². The van der Waals surface area contributed by atoms with Crippen molar-refractivity contribution in [2.45, 2.75) is 19.4 Å². The summed E-state index contributed by atoms with van der Waals surface area (Å²) in [6.07, 6.45) is 4.53. The van der Waals surface area contributed by atoms with Crippen LogP contribution in [0, 0.1) is 5.82 Å². The molecular weight excluding hydrogens is 245 g/mol. The van der Waals surface area contributed by atoms with Crippen LogP contribution in [-0.2, 0) is 6.54 Å². The van der Waals surface area contributed by atoms with Crippen LogP contribution in [0.1, 0.15) is 18.4 Å². The second-order valence-corrected chi connectivity index (χ2v) is 5.02. The second kappa shape index (κ2) is 7.93.